The van der Waals surface area contributed by atoms with Crippen LogP contribution in [0.5, 0.6) is 23.0 Å². The Morgan fingerprint density at radius 3 is 2.57 bits per heavy atom. The highest BCUT2D eigenvalue weighted by Crippen LogP contribution is 2.49. The molecule has 2 aliphatic heterocycles. The zero-order valence-electron chi connectivity index (χ0n) is 16.8. The molecule has 2 heterocycles. The van der Waals surface area contributed by atoms with Crippen LogP contribution in [0, 0.1) is 0 Å². The van der Waals surface area contributed by atoms with Crippen LogP contribution < -0.4 is 14.2 Å². The second-order valence-corrected chi connectivity index (χ2v) is 7.28. The average Bonchev–Trinajstić information content (AvgIpc) is 3.24. The van der Waals surface area contributed by atoms with E-state index in [0.29, 0.717) is 17.9 Å². The summed E-state index contributed by atoms with van der Waals surface area (Å²) in [5, 5.41) is 17.2. The van der Waals surface area contributed by atoms with Crippen LogP contribution in [-0.2, 0) is 0 Å². The summed E-state index contributed by atoms with van der Waals surface area (Å²) in [4.78, 5) is 0. The van der Waals surface area contributed by atoms with E-state index in [2.05, 4.69) is 6.07 Å². The summed E-state index contributed by atoms with van der Waals surface area (Å²) in [6.07, 6.45) is 0.210. The minimum Gasteiger partial charge on any atom is -0.507 e. The van der Waals surface area contributed by atoms with Crippen molar-refractivity contribution in [3.63, 3.8) is 0 Å². The van der Waals surface area contributed by atoms with Crippen molar-refractivity contribution >= 4 is 5.71 Å². The van der Waals surface area contributed by atoms with E-state index in [9.17, 15) is 5.11 Å². The molecule has 0 bridgehead atoms. The zero-order valence-corrected chi connectivity index (χ0v) is 16.8. The summed E-state index contributed by atoms with van der Waals surface area (Å²) in [6.45, 7) is 0. The summed E-state index contributed by atoms with van der Waals surface area (Å²) < 4.78 is 17.4. The minimum absolute atomic E-state index is 0.00126. The summed E-state index contributed by atoms with van der Waals surface area (Å²) >= 11 is 0. The smallest absolute Gasteiger partial charge is 0.217 e. The molecule has 152 valence electrons. The third kappa shape index (κ3) is 2.92. The number of benzene rings is 3. The number of ether oxygens (including phenoxy) is 3. The molecule has 30 heavy (non-hydrogen) atoms. The molecule has 0 saturated heterocycles. The van der Waals surface area contributed by atoms with E-state index in [1.165, 1.54) is 0 Å². The lowest BCUT2D eigenvalue weighted by atomic mass is 9.95. The molecule has 3 aromatic rings. The summed E-state index contributed by atoms with van der Waals surface area (Å²) in [5.41, 5.74) is 3.51. The SMILES string of the molecule is COc1ccc([C@H]2Oc3ccccc3[C@@H]3CC(c4ccccc4O)=NN23)c(OC)c1. The Morgan fingerprint density at radius 1 is 0.967 bits per heavy atom. The van der Waals surface area contributed by atoms with Crippen molar-refractivity contribution in [1.29, 1.82) is 0 Å². The molecule has 5 rings (SSSR count). The van der Waals surface area contributed by atoms with Crippen LogP contribution in [0.1, 0.15) is 35.4 Å². The Bertz CT molecular complexity index is 1130. The maximum Gasteiger partial charge on any atom is 0.217 e. The van der Waals surface area contributed by atoms with E-state index in [1.807, 2.05) is 59.6 Å². The fourth-order valence-corrected chi connectivity index (χ4v) is 4.14. The fraction of sp³-hybridized carbons (Fsp3) is 0.208. The number of hydrogen-bond acceptors (Lipinski definition) is 6. The Balaban J connectivity index is 1.63. The number of hydrazone groups is 1. The van der Waals surface area contributed by atoms with Gasteiger partial charge in [0.2, 0.25) is 6.23 Å². The number of fused-ring (bicyclic) bond motifs is 3. The summed E-state index contributed by atoms with van der Waals surface area (Å²) in [6, 6.07) is 21.0. The molecule has 6 nitrogen and oxygen atoms in total. The lowest BCUT2D eigenvalue weighted by Crippen LogP contribution is -2.33. The van der Waals surface area contributed by atoms with E-state index in [-0.39, 0.29) is 11.8 Å². The van der Waals surface area contributed by atoms with Gasteiger partial charge in [-0.3, -0.25) is 0 Å². The van der Waals surface area contributed by atoms with Crippen LogP contribution in [0.25, 0.3) is 0 Å². The Morgan fingerprint density at radius 2 is 1.77 bits per heavy atom. The molecule has 0 aliphatic carbocycles. The molecule has 0 aromatic heterocycles. The quantitative estimate of drug-likeness (QED) is 0.688. The van der Waals surface area contributed by atoms with E-state index in [4.69, 9.17) is 19.3 Å². The van der Waals surface area contributed by atoms with Crippen LogP contribution in [0.15, 0.2) is 71.8 Å². The van der Waals surface area contributed by atoms with Gasteiger partial charge in [0.05, 0.1) is 31.5 Å². The van der Waals surface area contributed by atoms with Crippen molar-refractivity contribution in [2.24, 2.45) is 5.10 Å². The molecule has 0 fully saturated rings. The Labute approximate surface area is 174 Å². The van der Waals surface area contributed by atoms with Crippen LogP contribution in [0.4, 0.5) is 0 Å². The molecule has 6 heteroatoms. The van der Waals surface area contributed by atoms with Gasteiger partial charge in [0.25, 0.3) is 0 Å². The maximum absolute atomic E-state index is 10.4. The first-order valence-electron chi connectivity index (χ1n) is 9.81. The number of nitrogens with zero attached hydrogens (tertiary/aromatic N) is 2. The molecule has 0 radical (unpaired) electrons. The fourth-order valence-electron chi connectivity index (χ4n) is 4.14. The van der Waals surface area contributed by atoms with Crippen molar-refractivity contribution in [2.45, 2.75) is 18.7 Å². The van der Waals surface area contributed by atoms with Gasteiger partial charge in [-0.05, 0) is 30.3 Å². The first-order chi connectivity index (χ1) is 14.7. The average molecular weight is 402 g/mol. The number of hydrogen-bond donors (Lipinski definition) is 1. The lowest BCUT2D eigenvalue weighted by molar-refractivity contribution is -0.0203. The molecule has 2 aliphatic rings. The molecule has 2 atom stereocenters. The standard InChI is InChI=1S/C24H22N2O4/c1-28-15-11-12-18(23(13-15)29-2)24-26-20(17-8-4-6-10-22(17)30-24)14-19(25-26)16-7-3-5-9-21(16)27/h3-13,20,24,27H,14H2,1-2H3/t20-,24+/m0/s1. The molecule has 0 unspecified atom stereocenters. The highest BCUT2D eigenvalue weighted by Gasteiger charge is 2.42. The topological polar surface area (TPSA) is 63.5 Å². The third-order valence-corrected chi connectivity index (χ3v) is 5.62. The zero-order chi connectivity index (χ0) is 20.7. The van der Waals surface area contributed by atoms with E-state index < -0.39 is 6.23 Å². The van der Waals surface area contributed by atoms with Crippen LogP contribution in [-0.4, -0.2) is 30.0 Å². The highest BCUT2D eigenvalue weighted by molar-refractivity contribution is 6.04. The number of phenolic OH excluding ortho intramolecular Hbond substituents is 1. The number of para-hydroxylation sites is 2. The van der Waals surface area contributed by atoms with Gasteiger partial charge in [0.1, 0.15) is 23.0 Å². The third-order valence-electron chi connectivity index (χ3n) is 5.62. The number of phenols is 1. The maximum atomic E-state index is 10.4. The summed E-state index contributed by atoms with van der Waals surface area (Å²) in [5.74, 6) is 2.44. The number of methoxy groups -OCH3 is 2. The second-order valence-electron chi connectivity index (χ2n) is 7.28. The summed E-state index contributed by atoms with van der Waals surface area (Å²) in [7, 11) is 3.26. The van der Waals surface area contributed by atoms with E-state index in [0.717, 1.165) is 28.2 Å². The van der Waals surface area contributed by atoms with Crippen molar-refractivity contribution in [3.05, 3.63) is 83.4 Å². The van der Waals surface area contributed by atoms with Gasteiger partial charge in [0.15, 0.2) is 0 Å². The predicted octanol–water partition coefficient (Wildman–Crippen LogP) is 4.65. The van der Waals surface area contributed by atoms with Gasteiger partial charge in [-0.15, -0.1) is 0 Å². The van der Waals surface area contributed by atoms with Crippen LogP contribution in [0.3, 0.4) is 0 Å². The first-order valence-corrected chi connectivity index (χ1v) is 9.81. The first kappa shape index (κ1) is 18.4. The van der Waals surface area contributed by atoms with Crippen LogP contribution >= 0.6 is 0 Å². The molecule has 3 aromatic carbocycles. The van der Waals surface area contributed by atoms with Gasteiger partial charge in [-0.2, -0.15) is 5.10 Å². The van der Waals surface area contributed by atoms with Crippen molar-refractivity contribution < 1.29 is 19.3 Å². The van der Waals surface area contributed by atoms with Gasteiger partial charge in [-0.25, -0.2) is 5.01 Å². The normalized spacial score (nSPS) is 19.4. The molecular formula is C24H22N2O4. The predicted molar refractivity (Wildman–Crippen MR) is 113 cm³/mol. The van der Waals surface area contributed by atoms with Crippen molar-refractivity contribution in [2.75, 3.05) is 14.2 Å². The van der Waals surface area contributed by atoms with E-state index in [1.54, 1.807) is 20.3 Å². The van der Waals surface area contributed by atoms with Gasteiger partial charge in [0, 0.05) is 23.6 Å². The minimum atomic E-state index is -0.464. The lowest BCUT2D eigenvalue weighted by Gasteiger charge is -2.38. The second kappa shape index (κ2) is 7.30. The largest absolute Gasteiger partial charge is 0.507 e. The van der Waals surface area contributed by atoms with Crippen molar-refractivity contribution in [1.82, 2.24) is 5.01 Å². The molecule has 1 N–H and O–H groups in total. The molecule has 0 saturated carbocycles. The molecule has 0 spiro atoms. The highest BCUT2D eigenvalue weighted by atomic mass is 16.5. The van der Waals surface area contributed by atoms with Gasteiger partial charge >= 0.3 is 0 Å². The van der Waals surface area contributed by atoms with Crippen molar-refractivity contribution in [3.8, 4) is 23.0 Å². The molecular weight excluding hydrogens is 380 g/mol. The Hall–Kier alpha value is -3.67. The monoisotopic (exact) mass is 402 g/mol. The Kier molecular flexibility index (Phi) is 4.47. The number of rotatable bonds is 4. The van der Waals surface area contributed by atoms with Gasteiger partial charge in [-0.1, -0.05) is 30.3 Å². The number of aromatic hydroxyl groups is 1. The van der Waals surface area contributed by atoms with Gasteiger partial charge < -0.3 is 19.3 Å². The molecule has 0 amide bonds. The van der Waals surface area contributed by atoms with E-state index >= 15 is 0 Å². The van der Waals surface area contributed by atoms with Crippen LogP contribution in [0.2, 0.25) is 0 Å².